The smallest absolute Gasteiger partial charge is 0.390 e. The van der Waals surface area contributed by atoms with Crippen molar-refractivity contribution in [2.45, 2.75) is 58.6 Å². The van der Waals surface area contributed by atoms with Crippen LogP contribution in [-0.2, 0) is 19.1 Å². The maximum atomic E-state index is 11.6. The lowest BCUT2D eigenvalue weighted by Crippen LogP contribution is -2.30. The largest absolute Gasteiger partial charge is 0.466 e. The van der Waals surface area contributed by atoms with Crippen molar-refractivity contribution in [2.75, 3.05) is 6.61 Å². The van der Waals surface area contributed by atoms with E-state index in [4.69, 9.17) is 16.0 Å². The van der Waals surface area contributed by atoms with E-state index in [1.54, 1.807) is 27.7 Å². The minimum Gasteiger partial charge on any atom is -0.466 e. The highest BCUT2D eigenvalue weighted by molar-refractivity contribution is 5.78. The number of hydrogen-bond donors (Lipinski definition) is 0. The summed E-state index contributed by atoms with van der Waals surface area (Å²) in [6, 6.07) is -0.835. The van der Waals surface area contributed by atoms with Gasteiger partial charge in [-0.3, -0.25) is 4.79 Å². The minimum absolute atomic E-state index is 0.225. The molecule has 0 heterocycles. The fourth-order valence-corrected chi connectivity index (χ4v) is 1.28. The van der Waals surface area contributed by atoms with Crippen molar-refractivity contribution < 1.29 is 19.1 Å². The fourth-order valence-electron chi connectivity index (χ4n) is 1.28. The van der Waals surface area contributed by atoms with Gasteiger partial charge in [-0.25, -0.2) is 11.4 Å². The molecule has 0 aliphatic carbocycles. The molecule has 1 atom stereocenters. The molecule has 0 spiro atoms. The molecule has 0 aromatic rings. The zero-order valence-electron chi connectivity index (χ0n) is 11.5. The van der Waals surface area contributed by atoms with E-state index in [0.29, 0.717) is 19.4 Å². The molecule has 0 N–H and O–H groups in total. The first kappa shape index (κ1) is 16.4. The van der Waals surface area contributed by atoms with Crippen LogP contribution in [0.5, 0.6) is 0 Å². The Bertz CT molecular complexity index is 325. The molecule has 0 aliphatic rings. The summed E-state index contributed by atoms with van der Waals surface area (Å²) in [5.74, 6) is -0.827. The van der Waals surface area contributed by atoms with Crippen LogP contribution in [0.15, 0.2) is 0 Å². The van der Waals surface area contributed by atoms with Gasteiger partial charge in [-0.05, 0) is 34.1 Å². The topological polar surface area (TPSA) is 57.0 Å². The third-order valence-electron chi connectivity index (χ3n) is 2.00. The average Bonchev–Trinajstić information content (AvgIpc) is 2.22. The Morgan fingerprint density at radius 1 is 1.33 bits per heavy atom. The van der Waals surface area contributed by atoms with Crippen molar-refractivity contribution in [1.82, 2.24) is 0 Å². The van der Waals surface area contributed by atoms with E-state index in [2.05, 4.69) is 4.85 Å². The van der Waals surface area contributed by atoms with E-state index < -0.39 is 17.6 Å². The van der Waals surface area contributed by atoms with Gasteiger partial charge in [0.25, 0.3) is 0 Å². The lowest BCUT2D eigenvalue weighted by Gasteiger charge is -2.19. The Morgan fingerprint density at radius 2 is 1.94 bits per heavy atom. The van der Waals surface area contributed by atoms with Crippen molar-refractivity contribution in [3.8, 4) is 0 Å². The quantitative estimate of drug-likeness (QED) is 0.540. The third kappa shape index (κ3) is 7.66. The Balaban J connectivity index is 4.09. The highest BCUT2D eigenvalue weighted by Crippen LogP contribution is 2.13. The lowest BCUT2D eigenvalue weighted by molar-refractivity contribution is -0.155. The molecule has 0 fully saturated rings. The minimum atomic E-state index is -0.835. The van der Waals surface area contributed by atoms with Crippen LogP contribution >= 0.6 is 0 Å². The van der Waals surface area contributed by atoms with E-state index >= 15 is 0 Å². The Hall–Kier alpha value is -1.57. The van der Waals surface area contributed by atoms with Gasteiger partial charge in [0.1, 0.15) is 5.60 Å². The Kier molecular flexibility index (Phi) is 7.03. The number of esters is 2. The van der Waals surface area contributed by atoms with E-state index in [1.165, 1.54) is 0 Å². The molecule has 0 rings (SSSR count). The first-order valence-electron chi connectivity index (χ1n) is 6.05. The first-order valence-corrected chi connectivity index (χ1v) is 6.05. The van der Waals surface area contributed by atoms with Crippen LogP contribution in [0.4, 0.5) is 0 Å². The van der Waals surface area contributed by atoms with E-state index in [9.17, 15) is 9.59 Å². The fraction of sp³-hybridized carbons (Fsp3) is 0.769. The highest BCUT2D eigenvalue weighted by atomic mass is 16.6. The molecule has 5 heteroatoms. The number of carbonyl (C=O) groups is 2. The van der Waals surface area contributed by atoms with E-state index in [1.807, 2.05) is 0 Å². The van der Waals surface area contributed by atoms with Crippen LogP contribution in [0.25, 0.3) is 4.85 Å². The van der Waals surface area contributed by atoms with Gasteiger partial charge in [0, 0.05) is 12.8 Å². The lowest BCUT2D eigenvalue weighted by atomic mass is 10.1. The predicted molar refractivity (Wildman–Crippen MR) is 66.7 cm³/mol. The number of rotatable bonds is 6. The summed E-state index contributed by atoms with van der Waals surface area (Å²) in [7, 11) is 0. The molecule has 0 saturated heterocycles. The van der Waals surface area contributed by atoms with Crippen LogP contribution < -0.4 is 0 Å². The number of carbonyl (C=O) groups excluding carboxylic acids is 2. The van der Waals surface area contributed by atoms with Crippen LogP contribution in [0, 0.1) is 6.57 Å². The standard InChI is InChI=1S/C13H21NO4/c1-6-17-11(15)9-7-8-10(14-5)12(16)18-13(2,3)4/h10H,6-9H2,1-4H3. The van der Waals surface area contributed by atoms with Gasteiger partial charge in [-0.1, -0.05) is 0 Å². The van der Waals surface area contributed by atoms with Gasteiger partial charge in [-0.2, -0.15) is 0 Å². The van der Waals surface area contributed by atoms with Gasteiger partial charge >= 0.3 is 18.0 Å². The summed E-state index contributed by atoms with van der Waals surface area (Å²) in [6.07, 6.45) is 0.991. The van der Waals surface area contributed by atoms with Gasteiger partial charge in [0.2, 0.25) is 0 Å². The summed E-state index contributed by atoms with van der Waals surface area (Å²) in [5.41, 5.74) is -0.596. The molecule has 18 heavy (non-hydrogen) atoms. The molecule has 102 valence electrons. The van der Waals surface area contributed by atoms with Crippen LogP contribution in [0.1, 0.15) is 47.0 Å². The molecule has 0 bridgehead atoms. The molecular weight excluding hydrogens is 234 g/mol. The molecule has 0 aromatic heterocycles. The van der Waals surface area contributed by atoms with Crippen molar-refractivity contribution in [2.24, 2.45) is 0 Å². The normalized spacial score (nSPS) is 12.4. The second-order valence-electron chi connectivity index (χ2n) is 4.88. The number of hydrogen-bond acceptors (Lipinski definition) is 4. The Labute approximate surface area is 108 Å². The summed E-state index contributed by atoms with van der Waals surface area (Å²) in [6.45, 7) is 14.3. The van der Waals surface area contributed by atoms with E-state index in [-0.39, 0.29) is 12.4 Å². The van der Waals surface area contributed by atoms with Crippen LogP contribution in [-0.4, -0.2) is 30.2 Å². The van der Waals surface area contributed by atoms with Gasteiger partial charge < -0.3 is 14.3 Å². The van der Waals surface area contributed by atoms with Crippen molar-refractivity contribution >= 4 is 11.9 Å². The van der Waals surface area contributed by atoms with Gasteiger partial charge in [0.05, 0.1) is 6.61 Å². The molecular formula is C13H21NO4. The van der Waals surface area contributed by atoms with Crippen molar-refractivity contribution in [3.05, 3.63) is 11.4 Å². The zero-order valence-corrected chi connectivity index (χ0v) is 11.5. The number of ether oxygens (including phenoxy) is 2. The molecule has 0 saturated carbocycles. The average molecular weight is 255 g/mol. The predicted octanol–water partition coefficient (Wildman–Crippen LogP) is 2.35. The zero-order chi connectivity index (χ0) is 14.2. The Morgan fingerprint density at radius 3 is 2.39 bits per heavy atom. The van der Waals surface area contributed by atoms with Gasteiger partial charge in [0.15, 0.2) is 0 Å². The van der Waals surface area contributed by atoms with E-state index in [0.717, 1.165) is 0 Å². The van der Waals surface area contributed by atoms with Gasteiger partial charge in [-0.15, -0.1) is 0 Å². The summed E-state index contributed by atoms with van der Waals surface area (Å²) >= 11 is 0. The highest BCUT2D eigenvalue weighted by Gasteiger charge is 2.29. The van der Waals surface area contributed by atoms with Crippen molar-refractivity contribution in [1.29, 1.82) is 0 Å². The maximum absolute atomic E-state index is 11.6. The maximum Gasteiger partial charge on any atom is 0.390 e. The number of nitrogens with zero attached hydrogens (tertiary/aromatic N) is 1. The van der Waals surface area contributed by atoms with Crippen molar-refractivity contribution in [3.63, 3.8) is 0 Å². The molecule has 1 unspecified atom stereocenters. The van der Waals surface area contributed by atoms with Crippen LogP contribution in [0.3, 0.4) is 0 Å². The summed E-state index contributed by atoms with van der Waals surface area (Å²) < 4.78 is 9.89. The third-order valence-corrected chi connectivity index (χ3v) is 2.00. The molecule has 0 radical (unpaired) electrons. The second kappa shape index (κ2) is 7.70. The molecule has 0 aromatic carbocycles. The monoisotopic (exact) mass is 255 g/mol. The summed E-state index contributed by atoms with van der Waals surface area (Å²) in [4.78, 5) is 26.0. The molecule has 0 aliphatic heterocycles. The molecule has 0 amide bonds. The van der Waals surface area contributed by atoms with Crippen LogP contribution in [0.2, 0.25) is 0 Å². The second-order valence-corrected chi connectivity index (χ2v) is 4.88. The first-order chi connectivity index (χ1) is 8.30. The molecule has 5 nitrogen and oxygen atoms in total. The SMILES string of the molecule is [C-]#[N+]C(CCCC(=O)OCC)C(=O)OC(C)(C)C. The summed E-state index contributed by atoms with van der Waals surface area (Å²) in [5, 5.41) is 0.